The molecule has 3 atom stereocenters. The Bertz CT molecular complexity index is 483. The quantitative estimate of drug-likeness (QED) is 0.898. The topological polar surface area (TPSA) is 46.2 Å². The highest BCUT2D eigenvalue weighted by Crippen LogP contribution is 2.48. The first-order valence-electron chi connectivity index (χ1n) is 5.49. The second kappa shape index (κ2) is 4.51. The van der Waals surface area contributed by atoms with Gasteiger partial charge in [-0.2, -0.15) is 0 Å². The van der Waals surface area contributed by atoms with Crippen molar-refractivity contribution >= 4 is 15.9 Å². The van der Waals surface area contributed by atoms with Gasteiger partial charge in [0.15, 0.2) is 0 Å². The molecule has 0 amide bonds. The fraction of sp³-hybridized carbons (Fsp3) is 0.500. The Morgan fingerprint density at radius 2 is 2.06 bits per heavy atom. The minimum atomic E-state index is -2.94. The van der Waals surface area contributed by atoms with Crippen molar-refractivity contribution < 1.29 is 18.3 Å². The van der Waals surface area contributed by atoms with E-state index in [0.717, 1.165) is 0 Å². The van der Waals surface area contributed by atoms with Gasteiger partial charge in [0.1, 0.15) is 11.4 Å². The summed E-state index contributed by atoms with van der Waals surface area (Å²) in [5.74, 6) is -1.54. The van der Waals surface area contributed by atoms with E-state index in [1.807, 2.05) is 0 Å². The largest absolute Gasteiger partial charge is 0.393 e. The van der Waals surface area contributed by atoms with Crippen LogP contribution in [0.4, 0.5) is 13.2 Å². The minimum Gasteiger partial charge on any atom is -0.393 e. The molecular weight excluding hydrogens is 311 g/mol. The van der Waals surface area contributed by atoms with Crippen LogP contribution < -0.4 is 5.73 Å². The maximum Gasteiger partial charge on any atom is 0.260 e. The van der Waals surface area contributed by atoms with E-state index in [-0.39, 0.29) is 17.5 Å². The molecule has 1 saturated carbocycles. The highest BCUT2D eigenvalue weighted by molar-refractivity contribution is 9.10. The van der Waals surface area contributed by atoms with Crippen molar-refractivity contribution in [2.24, 2.45) is 11.7 Å². The third kappa shape index (κ3) is 2.06. The Kier molecular flexibility index (Phi) is 3.46. The molecule has 0 bridgehead atoms. The molecule has 3 N–H and O–H groups in total. The van der Waals surface area contributed by atoms with Crippen LogP contribution in [0, 0.1) is 18.7 Å². The molecule has 100 valence electrons. The molecule has 0 unspecified atom stereocenters. The summed E-state index contributed by atoms with van der Waals surface area (Å²) in [6, 6.07) is 2.76. The standard InChI is InChI=1S/C12H13BrF3NO/c1-5-2-6(13)3-8(10(5)14)12(17,11(15)16)7-4-9(7)18/h2-3,7,9,11,18H,4,17H2,1H3/t7-,9+,12-/m1/s1. The van der Waals surface area contributed by atoms with Crippen LogP contribution in [-0.4, -0.2) is 17.6 Å². The van der Waals surface area contributed by atoms with Crippen LogP contribution >= 0.6 is 15.9 Å². The smallest absolute Gasteiger partial charge is 0.260 e. The molecule has 1 aromatic rings. The van der Waals surface area contributed by atoms with Crippen molar-refractivity contribution in [2.75, 3.05) is 0 Å². The average molecular weight is 324 g/mol. The third-order valence-corrected chi connectivity index (χ3v) is 3.88. The SMILES string of the molecule is Cc1cc(Br)cc([C@@](N)(C(F)F)[C@@H]2C[C@@H]2O)c1F. The van der Waals surface area contributed by atoms with Gasteiger partial charge in [-0.3, -0.25) is 0 Å². The van der Waals surface area contributed by atoms with E-state index in [0.29, 0.717) is 4.47 Å². The average Bonchev–Trinajstić information content (AvgIpc) is 3.00. The summed E-state index contributed by atoms with van der Waals surface area (Å²) in [5.41, 5.74) is 3.58. The first-order chi connectivity index (χ1) is 8.28. The normalized spacial score (nSPS) is 26.2. The van der Waals surface area contributed by atoms with Gasteiger partial charge in [-0.25, -0.2) is 13.2 Å². The Morgan fingerprint density at radius 1 is 1.50 bits per heavy atom. The van der Waals surface area contributed by atoms with E-state index >= 15 is 0 Å². The van der Waals surface area contributed by atoms with E-state index in [4.69, 9.17) is 5.73 Å². The molecule has 0 heterocycles. The molecule has 2 nitrogen and oxygen atoms in total. The molecule has 18 heavy (non-hydrogen) atoms. The minimum absolute atomic E-state index is 0.172. The number of halogens is 4. The molecule has 0 spiro atoms. The highest BCUT2D eigenvalue weighted by Gasteiger charge is 2.57. The van der Waals surface area contributed by atoms with Crippen LogP contribution in [0.25, 0.3) is 0 Å². The highest BCUT2D eigenvalue weighted by atomic mass is 79.9. The Labute approximate surface area is 111 Å². The number of aliphatic hydroxyl groups is 1. The Hall–Kier alpha value is -0.590. The summed E-state index contributed by atoms with van der Waals surface area (Å²) in [6.45, 7) is 1.48. The summed E-state index contributed by atoms with van der Waals surface area (Å²) >= 11 is 3.14. The third-order valence-electron chi connectivity index (χ3n) is 3.42. The zero-order valence-corrected chi connectivity index (χ0v) is 11.2. The summed E-state index contributed by atoms with van der Waals surface area (Å²) in [5, 5.41) is 9.35. The Morgan fingerprint density at radius 3 is 2.50 bits per heavy atom. The van der Waals surface area contributed by atoms with Gasteiger partial charge in [0.25, 0.3) is 6.43 Å². The van der Waals surface area contributed by atoms with Crippen molar-refractivity contribution in [2.45, 2.75) is 31.4 Å². The summed E-state index contributed by atoms with van der Waals surface area (Å²) in [4.78, 5) is 0. The lowest BCUT2D eigenvalue weighted by Gasteiger charge is -2.30. The van der Waals surface area contributed by atoms with Crippen molar-refractivity contribution in [3.63, 3.8) is 0 Å². The second-order valence-corrected chi connectivity index (χ2v) is 5.64. The lowest BCUT2D eigenvalue weighted by molar-refractivity contribution is 0.0261. The predicted molar refractivity (Wildman–Crippen MR) is 64.8 cm³/mol. The fourth-order valence-corrected chi connectivity index (χ4v) is 2.79. The van der Waals surface area contributed by atoms with Crippen molar-refractivity contribution in [1.29, 1.82) is 0 Å². The predicted octanol–water partition coefficient (Wildman–Crippen LogP) is 2.70. The lowest BCUT2D eigenvalue weighted by Crippen LogP contribution is -2.48. The summed E-state index contributed by atoms with van der Waals surface area (Å²) in [7, 11) is 0. The van der Waals surface area contributed by atoms with Crippen LogP contribution in [0.1, 0.15) is 17.5 Å². The lowest BCUT2D eigenvalue weighted by atomic mass is 9.85. The monoisotopic (exact) mass is 323 g/mol. The molecular formula is C12H13BrF3NO. The van der Waals surface area contributed by atoms with E-state index in [2.05, 4.69) is 15.9 Å². The molecule has 0 aromatic heterocycles. The Balaban J connectivity index is 2.56. The van der Waals surface area contributed by atoms with Crippen molar-refractivity contribution in [1.82, 2.24) is 0 Å². The van der Waals surface area contributed by atoms with Crippen LogP contribution in [0.2, 0.25) is 0 Å². The number of hydrogen-bond donors (Lipinski definition) is 2. The van der Waals surface area contributed by atoms with Crippen LogP contribution in [-0.2, 0) is 5.54 Å². The van der Waals surface area contributed by atoms with Gasteiger partial charge in [-0.15, -0.1) is 0 Å². The molecule has 6 heteroatoms. The van der Waals surface area contributed by atoms with Gasteiger partial charge in [-0.1, -0.05) is 15.9 Å². The maximum atomic E-state index is 14.0. The molecule has 1 aliphatic rings. The van der Waals surface area contributed by atoms with Gasteiger partial charge in [0.2, 0.25) is 0 Å². The van der Waals surface area contributed by atoms with Crippen molar-refractivity contribution in [3.05, 3.63) is 33.5 Å². The van der Waals surface area contributed by atoms with Crippen LogP contribution in [0.15, 0.2) is 16.6 Å². The van der Waals surface area contributed by atoms with Gasteiger partial charge < -0.3 is 10.8 Å². The second-order valence-electron chi connectivity index (χ2n) is 4.73. The number of aliphatic hydroxyl groups excluding tert-OH is 1. The van der Waals surface area contributed by atoms with Crippen molar-refractivity contribution in [3.8, 4) is 0 Å². The van der Waals surface area contributed by atoms with E-state index in [1.54, 1.807) is 0 Å². The van der Waals surface area contributed by atoms with Gasteiger partial charge in [0.05, 0.1) is 6.10 Å². The number of rotatable bonds is 3. The van der Waals surface area contributed by atoms with E-state index in [9.17, 15) is 18.3 Å². The van der Waals surface area contributed by atoms with Crippen LogP contribution in [0.5, 0.6) is 0 Å². The first kappa shape index (κ1) is 13.8. The summed E-state index contributed by atoms with van der Waals surface area (Å²) in [6.07, 6.45) is -3.66. The number of nitrogens with two attached hydrogens (primary N) is 1. The maximum absolute atomic E-state index is 14.0. The number of benzene rings is 1. The van der Waals surface area contributed by atoms with E-state index in [1.165, 1.54) is 19.1 Å². The molecule has 1 fully saturated rings. The summed E-state index contributed by atoms with van der Waals surface area (Å²) < 4.78 is 41.0. The van der Waals surface area contributed by atoms with E-state index < -0.39 is 29.8 Å². The van der Waals surface area contributed by atoms with Crippen LogP contribution in [0.3, 0.4) is 0 Å². The number of hydrogen-bond acceptors (Lipinski definition) is 2. The van der Waals surface area contributed by atoms with Gasteiger partial charge >= 0.3 is 0 Å². The zero-order chi connectivity index (χ0) is 13.7. The first-order valence-corrected chi connectivity index (χ1v) is 6.29. The molecule has 1 aliphatic carbocycles. The van der Waals surface area contributed by atoms with Gasteiger partial charge in [-0.05, 0) is 31.0 Å². The number of alkyl halides is 2. The fourth-order valence-electron chi connectivity index (χ4n) is 2.21. The molecule has 0 radical (unpaired) electrons. The number of aryl methyl sites for hydroxylation is 1. The molecule has 0 aliphatic heterocycles. The zero-order valence-electron chi connectivity index (χ0n) is 9.63. The molecule has 2 rings (SSSR count). The van der Waals surface area contributed by atoms with Gasteiger partial charge in [0, 0.05) is 16.0 Å². The molecule has 0 saturated heterocycles. The molecule has 1 aromatic carbocycles.